The molecule has 1 aromatic rings. The lowest BCUT2D eigenvalue weighted by Gasteiger charge is -2.31. The molecule has 1 aliphatic carbocycles. The van der Waals surface area contributed by atoms with Crippen LogP contribution in [0.15, 0.2) is 103 Å². The van der Waals surface area contributed by atoms with E-state index >= 15 is 0 Å². The molecule has 0 N–H and O–H groups in total. The standard InChI is InChI=1S/C28H36.C2H6/c1-6-23(3)13-15-25(7-2)21-27-17-19-28(5,20-18-27)22-24(4)14-16-26-11-9-8-10-12-26;1-2/h6-13,15,17-19,24H,1,3,14,16,20-22H2,2,4-5H3;1-2H3/b15-13-,25-7+;. The highest BCUT2D eigenvalue weighted by molar-refractivity contribution is 5.37. The van der Waals surface area contributed by atoms with E-state index in [0.29, 0.717) is 0 Å². The van der Waals surface area contributed by atoms with Gasteiger partial charge in [-0.3, -0.25) is 0 Å². The van der Waals surface area contributed by atoms with Crippen LogP contribution in [0.2, 0.25) is 0 Å². The molecule has 1 aliphatic rings. The van der Waals surface area contributed by atoms with Gasteiger partial charge in [-0.05, 0) is 72.6 Å². The molecule has 0 heterocycles. The Labute approximate surface area is 186 Å². The van der Waals surface area contributed by atoms with Gasteiger partial charge < -0.3 is 0 Å². The largest absolute Gasteiger partial charge is 0.0985 e. The average Bonchev–Trinajstić information content (AvgIpc) is 2.78. The minimum Gasteiger partial charge on any atom is -0.0985 e. The summed E-state index contributed by atoms with van der Waals surface area (Å²) in [5, 5.41) is 0. The maximum atomic E-state index is 3.95. The van der Waals surface area contributed by atoms with E-state index in [1.165, 1.54) is 36.0 Å². The van der Waals surface area contributed by atoms with E-state index in [1.54, 1.807) is 6.08 Å². The topological polar surface area (TPSA) is 0 Å². The fraction of sp³-hybridized carbons (Fsp3) is 0.400. The number of allylic oxidation sites excluding steroid dienone is 10. The van der Waals surface area contributed by atoms with E-state index in [4.69, 9.17) is 0 Å². The zero-order chi connectivity index (χ0) is 22.4. The van der Waals surface area contributed by atoms with Crippen molar-refractivity contribution < 1.29 is 0 Å². The molecule has 30 heavy (non-hydrogen) atoms. The SMILES string of the molecule is C=CC(=C)/C=C\C(=C/C)CC1=CCC(C)(CC(C)CCc2ccccc2)C=C1.CC. The van der Waals surface area contributed by atoms with Crippen molar-refractivity contribution in [3.63, 3.8) is 0 Å². The molecular formula is C30H42. The molecule has 0 saturated carbocycles. The second-order valence-electron chi connectivity index (χ2n) is 8.46. The smallest absolute Gasteiger partial charge is 0.00323 e. The molecule has 0 radical (unpaired) electrons. The Bertz CT molecular complexity index is 770. The van der Waals surface area contributed by atoms with E-state index < -0.39 is 0 Å². The minimum absolute atomic E-state index is 0.280. The van der Waals surface area contributed by atoms with Gasteiger partial charge in [-0.1, -0.05) is 114 Å². The van der Waals surface area contributed by atoms with Gasteiger partial charge in [0, 0.05) is 0 Å². The van der Waals surface area contributed by atoms with Crippen molar-refractivity contribution in [3.05, 3.63) is 108 Å². The monoisotopic (exact) mass is 402 g/mol. The lowest BCUT2D eigenvalue weighted by Crippen LogP contribution is -2.19. The van der Waals surface area contributed by atoms with Gasteiger partial charge in [0.2, 0.25) is 0 Å². The van der Waals surface area contributed by atoms with E-state index in [1.807, 2.05) is 19.9 Å². The Morgan fingerprint density at radius 3 is 2.43 bits per heavy atom. The van der Waals surface area contributed by atoms with Crippen molar-refractivity contribution in [1.82, 2.24) is 0 Å². The highest BCUT2D eigenvalue weighted by atomic mass is 14.3. The van der Waals surface area contributed by atoms with Crippen LogP contribution in [0.3, 0.4) is 0 Å². The van der Waals surface area contributed by atoms with Gasteiger partial charge in [0.25, 0.3) is 0 Å². The van der Waals surface area contributed by atoms with Crippen LogP contribution in [0.4, 0.5) is 0 Å². The van der Waals surface area contributed by atoms with Crippen LogP contribution in [0.1, 0.15) is 65.9 Å². The Morgan fingerprint density at radius 2 is 1.87 bits per heavy atom. The maximum absolute atomic E-state index is 3.95. The predicted octanol–water partition coefficient (Wildman–Crippen LogP) is 9.20. The number of hydrogen-bond donors (Lipinski definition) is 0. The van der Waals surface area contributed by atoms with Crippen LogP contribution < -0.4 is 0 Å². The number of rotatable bonds is 10. The zero-order valence-electron chi connectivity index (χ0n) is 20.0. The summed E-state index contributed by atoms with van der Waals surface area (Å²) in [5.41, 5.74) is 5.41. The molecule has 162 valence electrons. The van der Waals surface area contributed by atoms with Crippen LogP contribution in [-0.2, 0) is 6.42 Å². The van der Waals surface area contributed by atoms with Crippen molar-refractivity contribution >= 4 is 0 Å². The molecule has 0 fully saturated rings. The summed E-state index contributed by atoms with van der Waals surface area (Å²) in [5.74, 6) is 0.726. The summed E-state index contributed by atoms with van der Waals surface area (Å²) in [6, 6.07) is 10.8. The molecule has 2 unspecified atom stereocenters. The lowest BCUT2D eigenvalue weighted by atomic mass is 9.74. The fourth-order valence-corrected chi connectivity index (χ4v) is 3.82. The van der Waals surface area contributed by atoms with Crippen molar-refractivity contribution in [3.8, 4) is 0 Å². The van der Waals surface area contributed by atoms with Crippen LogP contribution in [0, 0.1) is 11.3 Å². The molecule has 0 spiro atoms. The Balaban J connectivity index is 0.00000218. The van der Waals surface area contributed by atoms with E-state index in [9.17, 15) is 0 Å². The van der Waals surface area contributed by atoms with E-state index in [2.05, 4.69) is 94.6 Å². The Hall–Kier alpha value is -2.34. The number of hydrogen-bond acceptors (Lipinski definition) is 0. The fourth-order valence-electron chi connectivity index (χ4n) is 3.82. The summed E-state index contributed by atoms with van der Waals surface area (Å²) in [6.07, 6.45) is 21.2. The molecule has 0 saturated heterocycles. The summed E-state index contributed by atoms with van der Waals surface area (Å²) in [6.45, 7) is 18.6. The summed E-state index contributed by atoms with van der Waals surface area (Å²) in [7, 11) is 0. The second kappa shape index (κ2) is 13.8. The third-order valence-corrected chi connectivity index (χ3v) is 5.67. The first-order chi connectivity index (χ1) is 14.4. The van der Waals surface area contributed by atoms with Gasteiger partial charge in [-0.15, -0.1) is 0 Å². The molecule has 0 aromatic heterocycles. The second-order valence-corrected chi connectivity index (χ2v) is 8.46. The third-order valence-electron chi connectivity index (χ3n) is 5.67. The Kier molecular flexibility index (Phi) is 11.8. The van der Waals surface area contributed by atoms with Crippen LogP contribution in [-0.4, -0.2) is 0 Å². The van der Waals surface area contributed by atoms with Gasteiger partial charge >= 0.3 is 0 Å². The summed E-state index contributed by atoms with van der Waals surface area (Å²) >= 11 is 0. The van der Waals surface area contributed by atoms with Gasteiger partial charge in [-0.25, -0.2) is 0 Å². The van der Waals surface area contributed by atoms with Crippen LogP contribution >= 0.6 is 0 Å². The van der Waals surface area contributed by atoms with Crippen molar-refractivity contribution in [2.45, 2.75) is 66.7 Å². The highest BCUT2D eigenvalue weighted by Gasteiger charge is 2.25. The van der Waals surface area contributed by atoms with Gasteiger partial charge in [0.05, 0.1) is 0 Å². The molecule has 0 nitrogen and oxygen atoms in total. The minimum atomic E-state index is 0.280. The van der Waals surface area contributed by atoms with E-state index in [-0.39, 0.29) is 5.41 Å². The van der Waals surface area contributed by atoms with Crippen LogP contribution in [0.25, 0.3) is 0 Å². The molecule has 0 aliphatic heterocycles. The number of benzene rings is 1. The predicted molar refractivity (Wildman–Crippen MR) is 137 cm³/mol. The molecule has 0 amide bonds. The highest BCUT2D eigenvalue weighted by Crippen LogP contribution is 2.38. The first-order valence-electron chi connectivity index (χ1n) is 11.5. The quantitative estimate of drug-likeness (QED) is 0.342. The molecule has 1 aromatic carbocycles. The van der Waals surface area contributed by atoms with Crippen molar-refractivity contribution in [2.75, 3.05) is 0 Å². The van der Waals surface area contributed by atoms with E-state index in [0.717, 1.165) is 24.3 Å². The molecule has 2 rings (SSSR count). The first-order valence-corrected chi connectivity index (χ1v) is 11.5. The Morgan fingerprint density at radius 1 is 1.17 bits per heavy atom. The molecule has 2 atom stereocenters. The van der Waals surface area contributed by atoms with Crippen LogP contribution in [0.5, 0.6) is 0 Å². The van der Waals surface area contributed by atoms with Crippen molar-refractivity contribution in [1.29, 1.82) is 0 Å². The van der Waals surface area contributed by atoms with Gasteiger partial charge in [-0.2, -0.15) is 0 Å². The number of aryl methyl sites for hydroxylation is 1. The lowest BCUT2D eigenvalue weighted by molar-refractivity contribution is 0.308. The molecule has 0 heteroatoms. The normalized spacial score (nSPS) is 19.6. The van der Waals surface area contributed by atoms with Crippen molar-refractivity contribution in [2.24, 2.45) is 11.3 Å². The zero-order valence-corrected chi connectivity index (χ0v) is 20.0. The average molecular weight is 403 g/mol. The molecular weight excluding hydrogens is 360 g/mol. The first kappa shape index (κ1) is 25.7. The third kappa shape index (κ3) is 9.44. The van der Waals surface area contributed by atoms with Gasteiger partial charge in [0.1, 0.15) is 0 Å². The summed E-state index contributed by atoms with van der Waals surface area (Å²) in [4.78, 5) is 0. The van der Waals surface area contributed by atoms with Gasteiger partial charge in [0.15, 0.2) is 0 Å². The molecule has 0 bridgehead atoms. The maximum Gasteiger partial charge on any atom is -0.00323 e. The summed E-state index contributed by atoms with van der Waals surface area (Å²) < 4.78 is 0.